The van der Waals surface area contributed by atoms with Gasteiger partial charge in [0.25, 0.3) is 0 Å². The zero-order valence-electron chi connectivity index (χ0n) is 16.6. The standard InChI is InChI=1S/C21H24F2N4O3/c1-30-17-4-2-3-16(10-17)27-8-7-14(13-27)11-24-21(29)25-12-20(28)26-15-5-6-18(22)19(23)9-15/h2-6,9-10,14H,7-8,11-13H2,1H3,(H,26,28)(H2,24,25,29). The van der Waals surface area contributed by atoms with Gasteiger partial charge in [0.1, 0.15) is 5.75 Å². The van der Waals surface area contributed by atoms with E-state index < -0.39 is 23.6 Å². The number of halogens is 2. The van der Waals surface area contributed by atoms with Gasteiger partial charge in [-0.3, -0.25) is 4.79 Å². The van der Waals surface area contributed by atoms with Crippen LogP contribution in [0.15, 0.2) is 42.5 Å². The van der Waals surface area contributed by atoms with E-state index in [1.165, 1.54) is 6.07 Å². The van der Waals surface area contributed by atoms with E-state index >= 15 is 0 Å². The van der Waals surface area contributed by atoms with Crippen molar-refractivity contribution >= 4 is 23.3 Å². The van der Waals surface area contributed by atoms with E-state index in [-0.39, 0.29) is 18.2 Å². The highest BCUT2D eigenvalue weighted by Crippen LogP contribution is 2.26. The first-order valence-electron chi connectivity index (χ1n) is 9.60. The molecule has 3 amide bonds. The Bertz CT molecular complexity index is 910. The van der Waals surface area contributed by atoms with Crippen molar-refractivity contribution in [3.63, 3.8) is 0 Å². The molecule has 1 aliphatic heterocycles. The minimum Gasteiger partial charge on any atom is -0.497 e. The van der Waals surface area contributed by atoms with Crippen molar-refractivity contribution in [1.29, 1.82) is 0 Å². The van der Waals surface area contributed by atoms with Gasteiger partial charge in [-0.2, -0.15) is 0 Å². The van der Waals surface area contributed by atoms with Gasteiger partial charge in [0.15, 0.2) is 11.6 Å². The molecule has 0 spiro atoms. The Labute approximate surface area is 173 Å². The van der Waals surface area contributed by atoms with Gasteiger partial charge < -0.3 is 25.6 Å². The summed E-state index contributed by atoms with van der Waals surface area (Å²) < 4.78 is 31.3. The maximum atomic E-state index is 13.2. The van der Waals surface area contributed by atoms with Crippen LogP contribution in [0.2, 0.25) is 0 Å². The fourth-order valence-corrected chi connectivity index (χ4v) is 3.28. The molecule has 3 N–H and O–H groups in total. The molecule has 2 aromatic carbocycles. The smallest absolute Gasteiger partial charge is 0.315 e. The van der Waals surface area contributed by atoms with E-state index in [1.807, 2.05) is 24.3 Å². The van der Waals surface area contributed by atoms with E-state index in [2.05, 4.69) is 20.9 Å². The van der Waals surface area contributed by atoms with Crippen LogP contribution in [0, 0.1) is 17.6 Å². The molecule has 2 aromatic rings. The summed E-state index contributed by atoms with van der Waals surface area (Å²) in [5.41, 5.74) is 1.19. The Morgan fingerprint density at radius 1 is 1.13 bits per heavy atom. The third kappa shape index (κ3) is 5.82. The van der Waals surface area contributed by atoms with Crippen LogP contribution in [0.5, 0.6) is 5.75 Å². The Hall–Kier alpha value is -3.36. The van der Waals surface area contributed by atoms with Crippen LogP contribution in [0.3, 0.4) is 0 Å². The monoisotopic (exact) mass is 418 g/mol. The molecule has 30 heavy (non-hydrogen) atoms. The zero-order valence-corrected chi connectivity index (χ0v) is 16.6. The van der Waals surface area contributed by atoms with Crippen molar-refractivity contribution in [2.45, 2.75) is 6.42 Å². The number of hydrogen-bond donors (Lipinski definition) is 3. The largest absolute Gasteiger partial charge is 0.497 e. The van der Waals surface area contributed by atoms with E-state index in [0.29, 0.717) is 6.54 Å². The maximum Gasteiger partial charge on any atom is 0.315 e. The lowest BCUT2D eigenvalue weighted by Gasteiger charge is -2.19. The number of methoxy groups -OCH3 is 1. The molecule has 0 saturated carbocycles. The minimum atomic E-state index is -1.06. The van der Waals surface area contributed by atoms with E-state index in [9.17, 15) is 18.4 Å². The molecule has 1 unspecified atom stereocenters. The molecular formula is C21H24F2N4O3. The number of nitrogens with zero attached hydrogens (tertiary/aromatic N) is 1. The number of benzene rings is 2. The quantitative estimate of drug-likeness (QED) is 0.646. The number of carbonyl (C=O) groups excluding carboxylic acids is 2. The lowest BCUT2D eigenvalue weighted by atomic mass is 10.1. The van der Waals surface area contributed by atoms with Crippen molar-refractivity contribution in [3.8, 4) is 5.75 Å². The summed E-state index contributed by atoms with van der Waals surface area (Å²) in [4.78, 5) is 26.0. The molecule has 3 rings (SSSR count). The lowest BCUT2D eigenvalue weighted by molar-refractivity contribution is -0.115. The summed E-state index contributed by atoms with van der Waals surface area (Å²) in [5.74, 6) is -1.50. The normalized spacial score (nSPS) is 15.6. The van der Waals surface area contributed by atoms with Gasteiger partial charge in [-0.15, -0.1) is 0 Å². The number of hydrogen-bond acceptors (Lipinski definition) is 4. The lowest BCUT2D eigenvalue weighted by Crippen LogP contribution is -2.42. The molecule has 1 heterocycles. The van der Waals surface area contributed by atoms with Crippen LogP contribution in [-0.2, 0) is 4.79 Å². The van der Waals surface area contributed by atoms with E-state index in [0.717, 1.165) is 43.1 Å². The Kier molecular flexibility index (Phi) is 7.05. The maximum absolute atomic E-state index is 13.2. The van der Waals surface area contributed by atoms with Gasteiger partial charge in [-0.25, -0.2) is 13.6 Å². The van der Waals surface area contributed by atoms with Gasteiger partial charge >= 0.3 is 6.03 Å². The average Bonchev–Trinajstić information content (AvgIpc) is 3.22. The Morgan fingerprint density at radius 2 is 1.97 bits per heavy atom. The number of rotatable bonds is 7. The molecular weight excluding hydrogens is 394 g/mol. The highest BCUT2D eigenvalue weighted by molar-refractivity contribution is 5.94. The fourth-order valence-electron chi connectivity index (χ4n) is 3.28. The van der Waals surface area contributed by atoms with Gasteiger partial charge in [0.05, 0.1) is 13.7 Å². The number of carbonyl (C=O) groups is 2. The number of anilines is 2. The first-order chi connectivity index (χ1) is 14.4. The molecule has 0 aliphatic carbocycles. The fraction of sp³-hybridized carbons (Fsp3) is 0.333. The number of urea groups is 1. The van der Waals surface area contributed by atoms with Crippen LogP contribution in [0.25, 0.3) is 0 Å². The van der Waals surface area contributed by atoms with E-state index in [4.69, 9.17) is 4.74 Å². The number of nitrogens with one attached hydrogen (secondary N) is 3. The summed E-state index contributed by atoms with van der Waals surface area (Å²) in [6, 6.07) is 10.4. The predicted molar refractivity (Wildman–Crippen MR) is 110 cm³/mol. The summed E-state index contributed by atoms with van der Waals surface area (Å²) >= 11 is 0. The van der Waals surface area contributed by atoms with Gasteiger partial charge in [0, 0.05) is 43.1 Å². The van der Waals surface area contributed by atoms with E-state index in [1.54, 1.807) is 7.11 Å². The van der Waals surface area contributed by atoms with Crippen molar-refractivity contribution in [2.24, 2.45) is 5.92 Å². The van der Waals surface area contributed by atoms with Gasteiger partial charge in [0.2, 0.25) is 5.91 Å². The molecule has 0 aromatic heterocycles. The van der Waals surface area contributed by atoms with Crippen molar-refractivity contribution in [2.75, 3.05) is 43.5 Å². The number of ether oxygens (including phenoxy) is 1. The highest BCUT2D eigenvalue weighted by atomic mass is 19.2. The second kappa shape index (κ2) is 9.91. The molecule has 1 fully saturated rings. The molecule has 0 bridgehead atoms. The van der Waals surface area contributed by atoms with Crippen LogP contribution in [-0.4, -0.2) is 45.2 Å². The Morgan fingerprint density at radius 3 is 2.73 bits per heavy atom. The van der Waals surface area contributed by atoms with Crippen LogP contribution >= 0.6 is 0 Å². The van der Waals surface area contributed by atoms with Crippen molar-refractivity contribution < 1.29 is 23.1 Å². The molecule has 160 valence electrons. The summed E-state index contributed by atoms with van der Waals surface area (Å²) in [6.45, 7) is 1.89. The summed E-state index contributed by atoms with van der Waals surface area (Å²) in [5, 5.41) is 7.61. The Balaban J connectivity index is 1.37. The molecule has 7 nitrogen and oxygen atoms in total. The van der Waals surface area contributed by atoms with Crippen molar-refractivity contribution in [1.82, 2.24) is 10.6 Å². The first-order valence-corrected chi connectivity index (χ1v) is 9.60. The third-order valence-corrected chi connectivity index (χ3v) is 4.87. The average molecular weight is 418 g/mol. The third-order valence-electron chi connectivity index (χ3n) is 4.87. The highest BCUT2D eigenvalue weighted by Gasteiger charge is 2.23. The first kappa shape index (κ1) is 21.4. The summed E-state index contributed by atoms with van der Waals surface area (Å²) in [6.07, 6.45) is 0.939. The molecule has 9 heteroatoms. The van der Waals surface area contributed by atoms with Crippen molar-refractivity contribution in [3.05, 3.63) is 54.1 Å². The SMILES string of the molecule is COc1cccc(N2CCC(CNC(=O)NCC(=O)Nc3ccc(F)c(F)c3)C2)c1. The molecule has 1 atom stereocenters. The second-order valence-corrected chi connectivity index (χ2v) is 7.04. The van der Waals surface area contributed by atoms with Gasteiger partial charge in [-0.05, 0) is 36.6 Å². The van der Waals surface area contributed by atoms with Gasteiger partial charge in [-0.1, -0.05) is 6.07 Å². The minimum absolute atomic E-state index is 0.115. The summed E-state index contributed by atoms with van der Waals surface area (Å²) in [7, 11) is 1.63. The van der Waals surface area contributed by atoms with Crippen LogP contribution in [0.4, 0.5) is 25.0 Å². The molecule has 0 radical (unpaired) electrons. The van der Waals surface area contributed by atoms with Crippen LogP contribution < -0.4 is 25.6 Å². The molecule has 1 aliphatic rings. The zero-order chi connectivity index (χ0) is 21.5. The second-order valence-electron chi connectivity index (χ2n) is 7.04. The van der Waals surface area contributed by atoms with Crippen LogP contribution in [0.1, 0.15) is 6.42 Å². The number of amides is 3. The molecule has 1 saturated heterocycles. The topological polar surface area (TPSA) is 82.7 Å². The predicted octanol–water partition coefficient (Wildman–Crippen LogP) is 2.74.